The molecule has 1 aromatic heterocycles. The molecule has 3 rings (SSSR count). The highest BCUT2D eigenvalue weighted by Gasteiger charge is 2.22. The van der Waals surface area contributed by atoms with Crippen molar-refractivity contribution in [2.75, 3.05) is 33.3 Å². The highest BCUT2D eigenvalue weighted by Crippen LogP contribution is 2.15. The fourth-order valence-electron chi connectivity index (χ4n) is 2.84. The molecule has 1 saturated heterocycles. The summed E-state index contributed by atoms with van der Waals surface area (Å²) in [6.07, 6.45) is 0. The third-order valence-corrected chi connectivity index (χ3v) is 5.00. The molecule has 24 heavy (non-hydrogen) atoms. The fourth-order valence-corrected chi connectivity index (χ4v) is 3.53. The lowest BCUT2D eigenvalue weighted by Gasteiger charge is -2.34. The summed E-state index contributed by atoms with van der Waals surface area (Å²) in [5.74, 6) is -0.194. The first kappa shape index (κ1) is 16.7. The molecule has 1 aliphatic rings. The summed E-state index contributed by atoms with van der Waals surface area (Å²) in [4.78, 5) is 29.0. The zero-order valence-corrected chi connectivity index (χ0v) is 14.4. The van der Waals surface area contributed by atoms with Gasteiger partial charge in [-0.3, -0.25) is 9.69 Å². The van der Waals surface area contributed by atoms with Crippen LogP contribution in [0, 0.1) is 0 Å². The number of ether oxygens (including phenoxy) is 1. The van der Waals surface area contributed by atoms with E-state index in [1.54, 1.807) is 6.07 Å². The van der Waals surface area contributed by atoms with Crippen LogP contribution in [0.15, 0.2) is 41.8 Å². The molecule has 126 valence electrons. The van der Waals surface area contributed by atoms with Crippen LogP contribution in [0.25, 0.3) is 0 Å². The molecular formula is C18H20N2O3S. The molecule has 0 aliphatic carbocycles. The number of nitrogens with zero attached hydrogens (tertiary/aromatic N) is 2. The minimum atomic E-state index is -0.316. The Morgan fingerprint density at radius 1 is 1.12 bits per heavy atom. The molecule has 1 aliphatic heterocycles. The highest BCUT2D eigenvalue weighted by atomic mass is 32.1. The van der Waals surface area contributed by atoms with Gasteiger partial charge in [0.05, 0.1) is 17.6 Å². The number of esters is 1. The van der Waals surface area contributed by atoms with Crippen molar-refractivity contribution < 1.29 is 14.3 Å². The van der Waals surface area contributed by atoms with Crippen LogP contribution >= 0.6 is 11.3 Å². The molecule has 2 aromatic rings. The maximum absolute atomic E-state index is 12.3. The summed E-state index contributed by atoms with van der Waals surface area (Å²) in [6, 6.07) is 11.3. The highest BCUT2D eigenvalue weighted by molar-refractivity contribution is 7.12. The van der Waals surface area contributed by atoms with Crippen molar-refractivity contribution in [3.8, 4) is 0 Å². The van der Waals surface area contributed by atoms with Crippen LogP contribution in [0.4, 0.5) is 0 Å². The molecular weight excluding hydrogens is 324 g/mol. The third-order valence-electron chi connectivity index (χ3n) is 4.15. The maximum Gasteiger partial charge on any atom is 0.337 e. The molecule has 0 radical (unpaired) electrons. The molecule has 0 atom stereocenters. The number of carbonyl (C=O) groups excluding carboxylic acids is 2. The Morgan fingerprint density at radius 2 is 1.92 bits per heavy atom. The molecule has 0 N–H and O–H groups in total. The Kier molecular flexibility index (Phi) is 5.27. The zero-order chi connectivity index (χ0) is 16.9. The number of thiophene rings is 1. The minimum Gasteiger partial charge on any atom is -0.465 e. The third kappa shape index (κ3) is 3.83. The summed E-state index contributed by atoms with van der Waals surface area (Å²) in [6.45, 7) is 3.89. The van der Waals surface area contributed by atoms with Gasteiger partial charge in [0.25, 0.3) is 5.91 Å². The van der Waals surface area contributed by atoms with Gasteiger partial charge in [0.2, 0.25) is 0 Å². The number of hydrogen-bond donors (Lipinski definition) is 0. The first-order valence-corrected chi connectivity index (χ1v) is 8.78. The first-order valence-electron chi connectivity index (χ1n) is 7.90. The number of amides is 1. The van der Waals surface area contributed by atoms with Crippen molar-refractivity contribution in [2.45, 2.75) is 6.54 Å². The fraction of sp³-hybridized carbons (Fsp3) is 0.333. The maximum atomic E-state index is 12.3. The summed E-state index contributed by atoms with van der Waals surface area (Å²) in [5.41, 5.74) is 1.65. The molecule has 1 aromatic carbocycles. The Hall–Kier alpha value is -2.18. The van der Waals surface area contributed by atoms with Gasteiger partial charge in [-0.2, -0.15) is 0 Å². The van der Waals surface area contributed by atoms with Crippen LogP contribution in [0.5, 0.6) is 0 Å². The van der Waals surface area contributed by atoms with Crippen LogP contribution in [-0.4, -0.2) is 55.0 Å². The van der Waals surface area contributed by atoms with Gasteiger partial charge in [0, 0.05) is 32.7 Å². The number of piperazine rings is 1. The lowest BCUT2D eigenvalue weighted by atomic mass is 10.1. The zero-order valence-electron chi connectivity index (χ0n) is 13.6. The summed E-state index contributed by atoms with van der Waals surface area (Å²) in [5, 5.41) is 1.93. The van der Waals surface area contributed by atoms with E-state index in [2.05, 4.69) is 4.90 Å². The lowest BCUT2D eigenvalue weighted by molar-refractivity contribution is 0.0596. The Balaban J connectivity index is 1.56. The van der Waals surface area contributed by atoms with Gasteiger partial charge in [0.1, 0.15) is 0 Å². The van der Waals surface area contributed by atoms with Gasteiger partial charge >= 0.3 is 5.97 Å². The van der Waals surface area contributed by atoms with Crippen molar-refractivity contribution in [1.29, 1.82) is 0 Å². The van der Waals surface area contributed by atoms with Crippen molar-refractivity contribution in [2.24, 2.45) is 0 Å². The summed E-state index contributed by atoms with van der Waals surface area (Å²) >= 11 is 1.49. The van der Waals surface area contributed by atoms with Gasteiger partial charge in [-0.05, 0) is 29.1 Å². The summed E-state index contributed by atoms with van der Waals surface area (Å²) in [7, 11) is 1.39. The Labute approximate surface area is 145 Å². The first-order chi connectivity index (χ1) is 11.7. The standard InChI is InChI=1S/C18H20N2O3S/c1-23-18(22)15-5-2-4-14(12-15)13-19-7-9-20(10-8-19)17(21)16-6-3-11-24-16/h2-6,11-12H,7-10,13H2,1H3. The normalized spacial score (nSPS) is 15.3. The van der Waals surface area contributed by atoms with E-state index >= 15 is 0 Å². The molecule has 0 unspecified atom stereocenters. The molecule has 6 heteroatoms. The Morgan fingerprint density at radius 3 is 2.58 bits per heavy atom. The van der Waals surface area contributed by atoms with E-state index in [9.17, 15) is 9.59 Å². The van der Waals surface area contributed by atoms with Crippen LogP contribution in [0.1, 0.15) is 25.6 Å². The van der Waals surface area contributed by atoms with E-state index in [0.717, 1.165) is 43.2 Å². The topological polar surface area (TPSA) is 49.9 Å². The average Bonchev–Trinajstić information content (AvgIpc) is 3.16. The predicted molar refractivity (Wildman–Crippen MR) is 93.3 cm³/mol. The van der Waals surface area contributed by atoms with Crippen molar-refractivity contribution in [3.05, 3.63) is 57.8 Å². The van der Waals surface area contributed by atoms with Gasteiger partial charge in [0.15, 0.2) is 0 Å². The predicted octanol–water partition coefficient (Wildman–Crippen LogP) is 2.49. The van der Waals surface area contributed by atoms with E-state index < -0.39 is 0 Å². The van der Waals surface area contributed by atoms with Crippen LogP contribution < -0.4 is 0 Å². The second kappa shape index (κ2) is 7.59. The van der Waals surface area contributed by atoms with Gasteiger partial charge in [-0.15, -0.1) is 11.3 Å². The molecule has 0 spiro atoms. The van der Waals surface area contributed by atoms with Crippen molar-refractivity contribution in [1.82, 2.24) is 9.80 Å². The number of carbonyl (C=O) groups is 2. The molecule has 1 fully saturated rings. The van der Waals surface area contributed by atoms with E-state index in [-0.39, 0.29) is 11.9 Å². The Bertz CT molecular complexity index is 707. The second-order valence-electron chi connectivity index (χ2n) is 5.74. The molecule has 5 nitrogen and oxygen atoms in total. The number of benzene rings is 1. The SMILES string of the molecule is COC(=O)c1cccc(CN2CCN(C(=O)c3cccs3)CC2)c1. The average molecular weight is 344 g/mol. The van der Waals surface area contributed by atoms with E-state index in [1.165, 1.54) is 18.4 Å². The largest absolute Gasteiger partial charge is 0.465 e. The number of hydrogen-bond acceptors (Lipinski definition) is 5. The molecule has 0 bridgehead atoms. The van der Waals surface area contributed by atoms with E-state index in [1.807, 2.05) is 40.6 Å². The van der Waals surface area contributed by atoms with Gasteiger partial charge < -0.3 is 9.64 Å². The molecule has 0 saturated carbocycles. The number of rotatable bonds is 4. The van der Waals surface area contributed by atoms with Crippen molar-refractivity contribution >= 4 is 23.2 Å². The van der Waals surface area contributed by atoms with Crippen LogP contribution in [0.2, 0.25) is 0 Å². The second-order valence-corrected chi connectivity index (χ2v) is 6.69. The summed E-state index contributed by atoms with van der Waals surface area (Å²) < 4.78 is 4.76. The molecule has 1 amide bonds. The van der Waals surface area contributed by atoms with Gasteiger partial charge in [-0.1, -0.05) is 18.2 Å². The van der Waals surface area contributed by atoms with Crippen LogP contribution in [-0.2, 0) is 11.3 Å². The quantitative estimate of drug-likeness (QED) is 0.800. The smallest absolute Gasteiger partial charge is 0.337 e. The number of methoxy groups -OCH3 is 1. The van der Waals surface area contributed by atoms with Crippen molar-refractivity contribution in [3.63, 3.8) is 0 Å². The van der Waals surface area contributed by atoms with Crippen LogP contribution in [0.3, 0.4) is 0 Å². The minimum absolute atomic E-state index is 0.123. The molecule has 2 heterocycles. The van der Waals surface area contributed by atoms with E-state index in [0.29, 0.717) is 5.56 Å². The van der Waals surface area contributed by atoms with E-state index in [4.69, 9.17) is 4.74 Å². The van der Waals surface area contributed by atoms with Gasteiger partial charge in [-0.25, -0.2) is 4.79 Å². The lowest BCUT2D eigenvalue weighted by Crippen LogP contribution is -2.48. The monoisotopic (exact) mass is 344 g/mol.